The number of aromatic nitrogens is 1. The van der Waals surface area contributed by atoms with Crippen molar-refractivity contribution >= 4 is 11.3 Å². The molecule has 17 heavy (non-hydrogen) atoms. The van der Waals surface area contributed by atoms with Crippen molar-refractivity contribution in [3.05, 3.63) is 16.6 Å². The van der Waals surface area contributed by atoms with E-state index in [0.717, 1.165) is 29.6 Å². The molecule has 2 N–H and O–H groups in total. The van der Waals surface area contributed by atoms with Crippen LogP contribution in [0.5, 0.6) is 0 Å². The van der Waals surface area contributed by atoms with Gasteiger partial charge in [-0.3, -0.25) is 0 Å². The van der Waals surface area contributed by atoms with Gasteiger partial charge in [-0.05, 0) is 61.7 Å². The quantitative estimate of drug-likeness (QED) is 0.873. The van der Waals surface area contributed by atoms with E-state index < -0.39 is 0 Å². The fourth-order valence-electron chi connectivity index (χ4n) is 5.12. The van der Waals surface area contributed by atoms with E-state index in [9.17, 15) is 0 Å². The highest BCUT2D eigenvalue weighted by Gasteiger charge is 2.50. The highest BCUT2D eigenvalue weighted by Crippen LogP contribution is 2.58. The summed E-state index contributed by atoms with van der Waals surface area (Å²) in [6.07, 6.45) is 9.24. The van der Waals surface area contributed by atoms with Gasteiger partial charge >= 0.3 is 0 Å². The van der Waals surface area contributed by atoms with Crippen LogP contribution in [0.4, 0.5) is 0 Å². The van der Waals surface area contributed by atoms with Gasteiger partial charge in [0.2, 0.25) is 0 Å². The molecule has 1 aromatic rings. The van der Waals surface area contributed by atoms with Crippen molar-refractivity contribution in [3.8, 4) is 0 Å². The van der Waals surface area contributed by atoms with Crippen LogP contribution in [0.2, 0.25) is 0 Å². The highest BCUT2D eigenvalue weighted by atomic mass is 32.1. The Balaban J connectivity index is 1.62. The summed E-state index contributed by atoms with van der Waals surface area (Å²) in [4.78, 5) is 4.44. The Kier molecular flexibility index (Phi) is 2.34. The minimum atomic E-state index is 0.213. The maximum atomic E-state index is 6.51. The number of hydrogen-bond donors (Lipinski definition) is 1. The van der Waals surface area contributed by atoms with E-state index in [0.29, 0.717) is 0 Å². The summed E-state index contributed by atoms with van der Waals surface area (Å²) in [6, 6.07) is 0.213. The zero-order valence-electron chi connectivity index (χ0n) is 10.1. The molecule has 0 amide bonds. The zero-order valence-corrected chi connectivity index (χ0v) is 10.9. The van der Waals surface area contributed by atoms with Crippen molar-refractivity contribution in [1.82, 2.24) is 4.98 Å². The Labute approximate surface area is 107 Å². The summed E-state index contributed by atoms with van der Waals surface area (Å²) in [7, 11) is 0. The number of nitrogens with two attached hydrogens (primary N) is 1. The number of nitrogens with zero attached hydrogens (tertiary/aromatic N) is 1. The Morgan fingerprint density at radius 3 is 2.29 bits per heavy atom. The molecule has 92 valence electrons. The summed E-state index contributed by atoms with van der Waals surface area (Å²) in [5.74, 6) is 4.62. The molecule has 4 saturated carbocycles. The van der Waals surface area contributed by atoms with Gasteiger partial charge < -0.3 is 5.73 Å². The lowest BCUT2D eigenvalue weighted by atomic mass is 9.50. The molecule has 1 atom stereocenters. The summed E-state index contributed by atoms with van der Waals surface area (Å²) >= 11 is 1.74. The Morgan fingerprint density at radius 2 is 1.76 bits per heavy atom. The van der Waals surface area contributed by atoms with Gasteiger partial charge in [-0.25, -0.2) is 4.98 Å². The van der Waals surface area contributed by atoms with Crippen LogP contribution in [0, 0.1) is 29.6 Å². The highest BCUT2D eigenvalue weighted by molar-refractivity contribution is 7.09. The maximum absolute atomic E-state index is 6.51. The monoisotopic (exact) mass is 248 g/mol. The first-order valence-corrected chi connectivity index (χ1v) is 7.84. The van der Waals surface area contributed by atoms with Crippen LogP contribution in [0.3, 0.4) is 0 Å². The molecule has 1 aromatic heterocycles. The first-order chi connectivity index (χ1) is 8.31. The number of thiazole rings is 1. The first kappa shape index (κ1) is 10.5. The molecule has 0 spiro atoms. The van der Waals surface area contributed by atoms with Crippen LogP contribution in [-0.2, 0) is 0 Å². The van der Waals surface area contributed by atoms with Gasteiger partial charge in [-0.2, -0.15) is 0 Å². The van der Waals surface area contributed by atoms with Crippen LogP contribution >= 0.6 is 11.3 Å². The first-order valence-electron chi connectivity index (χ1n) is 6.96. The smallest absolute Gasteiger partial charge is 0.110 e. The molecule has 2 nitrogen and oxygen atoms in total. The maximum Gasteiger partial charge on any atom is 0.110 e. The third-order valence-electron chi connectivity index (χ3n) is 5.45. The molecule has 1 unspecified atom stereocenters. The van der Waals surface area contributed by atoms with Gasteiger partial charge in [-0.15, -0.1) is 11.3 Å². The topological polar surface area (TPSA) is 38.9 Å². The standard InChI is InChI=1S/C14H20N2S/c15-13(14-16-1-2-17-14)12-10-4-8-3-9(6-10)7-11(12)5-8/h1-2,8-13H,3-7,15H2. The lowest BCUT2D eigenvalue weighted by Gasteiger charge is -2.55. The van der Waals surface area contributed by atoms with Gasteiger partial charge in [0.05, 0.1) is 6.04 Å². The molecule has 1 heterocycles. The zero-order chi connectivity index (χ0) is 11.4. The fourth-order valence-corrected chi connectivity index (χ4v) is 5.81. The Hall–Kier alpha value is -0.410. The van der Waals surface area contributed by atoms with Gasteiger partial charge in [0, 0.05) is 11.6 Å². The van der Waals surface area contributed by atoms with Crippen LogP contribution in [0.25, 0.3) is 0 Å². The van der Waals surface area contributed by atoms with E-state index in [1.165, 1.54) is 37.1 Å². The lowest BCUT2D eigenvalue weighted by Crippen LogP contribution is -2.48. The Morgan fingerprint density at radius 1 is 1.12 bits per heavy atom. The molecule has 4 aliphatic carbocycles. The second kappa shape index (κ2) is 3.79. The minimum Gasteiger partial charge on any atom is -0.322 e. The minimum absolute atomic E-state index is 0.213. The fraction of sp³-hybridized carbons (Fsp3) is 0.786. The summed E-state index contributed by atoms with van der Waals surface area (Å²) in [5.41, 5.74) is 6.51. The van der Waals surface area contributed by atoms with E-state index in [4.69, 9.17) is 5.73 Å². The molecular formula is C14H20N2S. The number of hydrogen-bond acceptors (Lipinski definition) is 3. The van der Waals surface area contributed by atoms with Crippen molar-refractivity contribution in [2.24, 2.45) is 35.3 Å². The molecule has 5 rings (SSSR count). The van der Waals surface area contributed by atoms with E-state index in [-0.39, 0.29) is 6.04 Å². The third-order valence-corrected chi connectivity index (χ3v) is 6.33. The molecular weight excluding hydrogens is 228 g/mol. The van der Waals surface area contributed by atoms with Crippen molar-refractivity contribution in [2.45, 2.75) is 38.1 Å². The van der Waals surface area contributed by atoms with Crippen LogP contribution in [0.1, 0.15) is 43.2 Å². The Bertz CT molecular complexity index is 372. The van der Waals surface area contributed by atoms with Gasteiger partial charge in [0.15, 0.2) is 0 Å². The second-order valence-electron chi connectivity index (χ2n) is 6.40. The van der Waals surface area contributed by atoms with Gasteiger partial charge in [0.25, 0.3) is 0 Å². The molecule has 3 heteroatoms. The van der Waals surface area contributed by atoms with E-state index in [1.54, 1.807) is 11.3 Å². The normalized spacial score (nSPS) is 45.1. The average Bonchev–Trinajstić information content (AvgIpc) is 2.80. The van der Waals surface area contributed by atoms with Gasteiger partial charge in [-0.1, -0.05) is 0 Å². The SMILES string of the molecule is NC(c1nccs1)C1C2CC3CC(C2)CC1C3. The predicted octanol–water partition coefficient (Wildman–Crippen LogP) is 3.22. The molecule has 0 saturated heterocycles. The van der Waals surface area contributed by atoms with Gasteiger partial charge in [0.1, 0.15) is 5.01 Å². The molecule has 4 fully saturated rings. The van der Waals surface area contributed by atoms with E-state index >= 15 is 0 Å². The molecule has 4 aliphatic rings. The van der Waals surface area contributed by atoms with Crippen molar-refractivity contribution in [1.29, 1.82) is 0 Å². The molecule has 4 bridgehead atoms. The van der Waals surface area contributed by atoms with Crippen LogP contribution in [-0.4, -0.2) is 4.98 Å². The van der Waals surface area contributed by atoms with Crippen LogP contribution in [0.15, 0.2) is 11.6 Å². The van der Waals surface area contributed by atoms with Crippen molar-refractivity contribution in [3.63, 3.8) is 0 Å². The van der Waals surface area contributed by atoms with Crippen LogP contribution < -0.4 is 5.73 Å². The summed E-state index contributed by atoms with van der Waals surface area (Å²) < 4.78 is 0. The molecule has 0 radical (unpaired) electrons. The van der Waals surface area contributed by atoms with E-state index in [1.807, 2.05) is 6.20 Å². The molecule has 0 aliphatic heterocycles. The average molecular weight is 248 g/mol. The summed E-state index contributed by atoms with van der Waals surface area (Å²) in [6.45, 7) is 0. The van der Waals surface area contributed by atoms with Crippen molar-refractivity contribution in [2.75, 3.05) is 0 Å². The summed E-state index contributed by atoms with van der Waals surface area (Å²) in [5, 5.41) is 3.23. The third kappa shape index (κ3) is 1.59. The lowest BCUT2D eigenvalue weighted by molar-refractivity contribution is -0.0471. The van der Waals surface area contributed by atoms with Crippen molar-refractivity contribution < 1.29 is 0 Å². The predicted molar refractivity (Wildman–Crippen MR) is 69.6 cm³/mol. The number of rotatable bonds is 2. The second-order valence-corrected chi connectivity index (χ2v) is 7.33. The molecule has 0 aromatic carbocycles. The van der Waals surface area contributed by atoms with E-state index in [2.05, 4.69) is 10.4 Å². The largest absolute Gasteiger partial charge is 0.322 e.